The molecule has 2 heterocycles. The predicted octanol–water partition coefficient (Wildman–Crippen LogP) is 4.94. The summed E-state index contributed by atoms with van der Waals surface area (Å²) >= 11 is 7.59. The molecule has 1 atom stereocenters. The molecule has 27 heavy (non-hydrogen) atoms. The molecule has 0 fully saturated rings. The van der Waals surface area contributed by atoms with Crippen molar-refractivity contribution in [3.8, 4) is 0 Å². The van der Waals surface area contributed by atoms with E-state index in [2.05, 4.69) is 5.10 Å². The lowest BCUT2D eigenvalue weighted by atomic mass is 9.92. The molecule has 3 rings (SSSR count). The smallest absolute Gasteiger partial charge is 0.272 e. The third-order valence-electron chi connectivity index (χ3n) is 4.26. The number of nitrogens with zero attached hydrogens (tertiary/aromatic N) is 2. The largest absolute Gasteiger partial charge is 0.273 e. The van der Waals surface area contributed by atoms with Gasteiger partial charge in [-0.3, -0.25) is 9.59 Å². The fraction of sp³-hybridized carbons (Fsp3) is 0.250. The van der Waals surface area contributed by atoms with Gasteiger partial charge in [-0.05, 0) is 42.5 Å². The van der Waals surface area contributed by atoms with Crippen molar-refractivity contribution in [1.82, 2.24) is 5.01 Å². The number of halogens is 2. The summed E-state index contributed by atoms with van der Waals surface area (Å²) in [5.74, 6) is -2.10. The first-order valence-electron chi connectivity index (χ1n) is 8.61. The monoisotopic (exact) mass is 404 g/mol. The van der Waals surface area contributed by atoms with Crippen molar-refractivity contribution in [2.45, 2.75) is 26.2 Å². The standard InChI is InChI=1S/C20H18ClFN2O2S/c1-2-5-18-15(12-14-16(21)7-3-8-17(14)22)20(26)24(23-18)19(25)10-9-13-6-4-11-27-13/h3-4,6-11,15H,2,5,12H2,1H3/b10-9+/t15-/m1/s1. The Kier molecular flexibility index (Phi) is 6.19. The van der Waals surface area contributed by atoms with Gasteiger partial charge in [0.15, 0.2) is 0 Å². The summed E-state index contributed by atoms with van der Waals surface area (Å²) < 4.78 is 14.2. The molecular formula is C20H18ClFN2O2S. The van der Waals surface area contributed by atoms with E-state index in [1.807, 2.05) is 24.4 Å². The van der Waals surface area contributed by atoms with Crippen LogP contribution in [0.2, 0.25) is 5.02 Å². The third-order valence-corrected chi connectivity index (χ3v) is 5.45. The van der Waals surface area contributed by atoms with Crippen molar-refractivity contribution in [2.75, 3.05) is 0 Å². The molecule has 1 aliphatic rings. The maximum absolute atomic E-state index is 14.2. The van der Waals surface area contributed by atoms with Gasteiger partial charge in [-0.1, -0.05) is 37.1 Å². The van der Waals surface area contributed by atoms with Gasteiger partial charge < -0.3 is 0 Å². The van der Waals surface area contributed by atoms with E-state index in [0.717, 1.165) is 16.3 Å². The molecule has 0 N–H and O–H groups in total. The first-order valence-corrected chi connectivity index (χ1v) is 9.86. The van der Waals surface area contributed by atoms with E-state index in [4.69, 9.17) is 11.6 Å². The van der Waals surface area contributed by atoms with Crippen LogP contribution in [0.5, 0.6) is 0 Å². The van der Waals surface area contributed by atoms with Crippen LogP contribution in [0.3, 0.4) is 0 Å². The van der Waals surface area contributed by atoms with Gasteiger partial charge >= 0.3 is 0 Å². The molecule has 0 unspecified atom stereocenters. The van der Waals surface area contributed by atoms with Crippen LogP contribution in [0.15, 0.2) is 46.9 Å². The van der Waals surface area contributed by atoms with Crippen LogP contribution in [0.1, 0.15) is 30.2 Å². The topological polar surface area (TPSA) is 49.7 Å². The van der Waals surface area contributed by atoms with Crippen LogP contribution in [0.4, 0.5) is 4.39 Å². The zero-order chi connectivity index (χ0) is 19.4. The molecule has 0 saturated heterocycles. The molecule has 0 bridgehead atoms. The second-order valence-corrected chi connectivity index (χ2v) is 7.52. The summed E-state index contributed by atoms with van der Waals surface area (Å²) in [6, 6.07) is 8.16. The number of imide groups is 1. The average Bonchev–Trinajstić information content (AvgIpc) is 3.26. The number of carbonyl (C=O) groups is 2. The molecule has 2 aromatic rings. The van der Waals surface area contributed by atoms with E-state index in [-0.39, 0.29) is 17.0 Å². The molecule has 1 aliphatic heterocycles. The summed E-state index contributed by atoms with van der Waals surface area (Å²) in [4.78, 5) is 26.2. The predicted molar refractivity (Wildman–Crippen MR) is 106 cm³/mol. The lowest BCUT2D eigenvalue weighted by Crippen LogP contribution is -2.32. The Morgan fingerprint density at radius 1 is 1.37 bits per heavy atom. The molecule has 4 nitrogen and oxygen atoms in total. The van der Waals surface area contributed by atoms with Crippen molar-refractivity contribution >= 4 is 46.5 Å². The third kappa shape index (κ3) is 4.34. The van der Waals surface area contributed by atoms with Gasteiger partial charge in [-0.15, -0.1) is 11.3 Å². The minimum atomic E-state index is -0.682. The summed E-state index contributed by atoms with van der Waals surface area (Å²) in [6.07, 6.45) is 4.38. The van der Waals surface area contributed by atoms with Gasteiger partial charge in [0.05, 0.1) is 11.6 Å². The van der Waals surface area contributed by atoms with Crippen LogP contribution >= 0.6 is 22.9 Å². The minimum absolute atomic E-state index is 0.0849. The lowest BCUT2D eigenvalue weighted by molar-refractivity contribution is -0.141. The summed E-state index contributed by atoms with van der Waals surface area (Å²) in [6.45, 7) is 1.96. The zero-order valence-electron chi connectivity index (χ0n) is 14.7. The molecule has 1 aromatic heterocycles. The number of rotatable bonds is 6. The molecule has 0 radical (unpaired) electrons. The Balaban J connectivity index is 1.82. The van der Waals surface area contributed by atoms with Crippen molar-refractivity contribution in [3.05, 3.63) is 63.1 Å². The van der Waals surface area contributed by atoms with E-state index in [1.165, 1.54) is 29.5 Å². The number of thiophene rings is 1. The van der Waals surface area contributed by atoms with Gasteiger partial charge in [0, 0.05) is 21.5 Å². The summed E-state index contributed by atoms with van der Waals surface area (Å²) in [5.41, 5.74) is 0.851. The lowest BCUT2D eigenvalue weighted by Gasteiger charge is -2.13. The number of amides is 2. The average molecular weight is 405 g/mol. The normalized spacial score (nSPS) is 17.0. The fourth-order valence-corrected chi connectivity index (χ4v) is 3.78. The summed E-state index contributed by atoms with van der Waals surface area (Å²) in [5, 5.41) is 7.28. The Morgan fingerprint density at radius 3 is 2.85 bits per heavy atom. The summed E-state index contributed by atoms with van der Waals surface area (Å²) in [7, 11) is 0. The molecule has 7 heteroatoms. The zero-order valence-corrected chi connectivity index (χ0v) is 16.3. The highest BCUT2D eigenvalue weighted by Gasteiger charge is 2.38. The minimum Gasteiger partial charge on any atom is -0.272 e. The Morgan fingerprint density at radius 2 is 2.19 bits per heavy atom. The van der Waals surface area contributed by atoms with Gasteiger partial charge in [-0.2, -0.15) is 10.1 Å². The Hall–Kier alpha value is -2.31. The molecule has 1 aromatic carbocycles. The highest BCUT2D eigenvalue weighted by Crippen LogP contribution is 2.28. The van der Waals surface area contributed by atoms with Crippen LogP contribution < -0.4 is 0 Å². The van der Waals surface area contributed by atoms with Crippen molar-refractivity contribution in [2.24, 2.45) is 11.0 Å². The quantitative estimate of drug-likeness (QED) is 0.640. The fourth-order valence-electron chi connectivity index (χ4n) is 2.92. The van der Waals surface area contributed by atoms with Gasteiger partial charge in [0.25, 0.3) is 11.8 Å². The molecule has 140 valence electrons. The Labute approximate surface area is 165 Å². The van der Waals surface area contributed by atoms with Crippen molar-refractivity contribution in [1.29, 1.82) is 0 Å². The number of benzene rings is 1. The molecule has 2 amide bonds. The van der Waals surface area contributed by atoms with Crippen molar-refractivity contribution in [3.63, 3.8) is 0 Å². The number of hydrogen-bond acceptors (Lipinski definition) is 4. The van der Waals surface area contributed by atoms with Crippen molar-refractivity contribution < 1.29 is 14.0 Å². The van der Waals surface area contributed by atoms with Gasteiger partial charge in [0.2, 0.25) is 0 Å². The maximum atomic E-state index is 14.2. The Bertz CT molecular complexity index is 888. The second kappa shape index (κ2) is 8.59. The first-order chi connectivity index (χ1) is 13.0. The number of hydrazone groups is 1. The van der Waals surface area contributed by atoms with Crippen LogP contribution in [0, 0.1) is 11.7 Å². The van der Waals surface area contributed by atoms with E-state index < -0.39 is 23.5 Å². The van der Waals surface area contributed by atoms with E-state index in [9.17, 15) is 14.0 Å². The first kappa shape index (κ1) is 19.5. The van der Waals surface area contributed by atoms with Crippen LogP contribution in [-0.2, 0) is 16.0 Å². The van der Waals surface area contributed by atoms with Crippen LogP contribution in [-0.4, -0.2) is 22.5 Å². The molecular weight excluding hydrogens is 387 g/mol. The highest BCUT2D eigenvalue weighted by atomic mass is 35.5. The van der Waals surface area contributed by atoms with Gasteiger partial charge in [0.1, 0.15) is 5.82 Å². The molecule has 0 spiro atoms. The number of carbonyl (C=O) groups excluding carboxylic acids is 2. The van der Waals surface area contributed by atoms with E-state index >= 15 is 0 Å². The highest BCUT2D eigenvalue weighted by molar-refractivity contribution is 7.10. The van der Waals surface area contributed by atoms with Crippen LogP contribution in [0.25, 0.3) is 6.08 Å². The second-order valence-electron chi connectivity index (χ2n) is 6.14. The molecule has 0 saturated carbocycles. The van der Waals surface area contributed by atoms with E-state index in [0.29, 0.717) is 12.1 Å². The number of hydrogen-bond donors (Lipinski definition) is 0. The van der Waals surface area contributed by atoms with Gasteiger partial charge in [-0.25, -0.2) is 4.39 Å². The maximum Gasteiger partial charge on any atom is 0.273 e. The van der Waals surface area contributed by atoms with E-state index in [1.54, 1.807) is 12.1 Å². The SMILES string of the molecule is CCCC1=NN(C(=O)/C=C/c2cccs2)C(=O)[C@@H]1Cc1c(F)cccc1Cl. The molecule has 0 aliphatic carbocycles.